The number of hydrogen-bond acceptors (Lipinski definition) is 4. The molecule has 170 valence electrons. The lowest BCUT2D eigenvalue weighted by Gasteiger charge is -2.38. The topological polar surface area (TPSA) is 49.9 Å². The van der Waals surface area contributed by atoms with E-state index in [1.807, 2.05) is 43.3 Å². The Balaban J connectivity index is 1.47. The van der Waals surface area contributed by atoms with Crippen LogP contribution in [0.1, 0.15) is 25.3 Å². The van der Waals surface area contributed by atoms with Crippen LogP contribution in [-0.4, -0.2) is 45.5 Å². The second-order valence-electron chi connectivity index (χ2n) is 8.17. The van der Waals surface area contributed by atoms with E-state index in [0.29, 0.717) is 31.2 Å². The van der Waals surface area contributed by atoms with Gasteiger partial charge in [0.1, 0.15) is 0 Å². The Bertz CT molecular complexity index is 1190. The maximum absolute atomic E-state index is 13.3. The monoisotopic (exact) mass is 516 g/mol. The second kappa shape index (κ2) is 9.91. The zero-order chi connectivity index (χ0) is 22.7. The lowest BCUT2D eigenvalue weighted by molar-refractivity contribution is 0.134. The van der Waals surface area contributed by atoms with E-state index in [0.717, 1.165) is 39.3 Å². The van der Waals surface area contributed by atoms with Crippen molar-refractivity contribution in [2.75, 3.05) is 31.6 Å². The van der Waals surface area contributed by atoms with Crippen molar-refractivity contribution >= 4 is 42.4 Å². The number of piperidine rings is 1. The normalized spacial score (nSPS) is 15.8. The van der Waals surface area contributed by atoms with Crippen LogP contribution in [0.3, 0.4) is 0 Å². The van der Waals surface area contributed by atoms with Crippen molar-refractivity contribution in [1.29, 1.82) is 0 Å². The average molecular weight is 517 g/mol. The molecule has 0 radical (unpaired) electrons. The van der Waals surface area contributed by atoms with E-state index in [1.54, 1.807) is 16.4 Å². The Morgan fingerprint density at radius 3 is 2.47 bits per heavy atom. The summed E-state index contributed by atoms with van der Waals surface area (Å²) < 4.78 is 34.9. The molecule has 4 rings (SSSR count). The zero-order valence-electron chi connectivity index (χ0n) is 18.5. The number of hydrogen-bond donors (Lipinski definition) is 0. The minimum Gasteiger partial charge on any atom is -0.377 e. The van der Waals surface area contributed by atoms with Crippen LogP contribution in [0.2, 0.25) is 0 Å². The predicted molar refractivity (Wildman–Crippen MR) is 134 cm³/mol. The van der Waals surface area contributed by atoms with Crippen LogP contribution in [0.4, 0.5) is 5.69 Å². The van der Waals surface area contributed by atoms with Gasteiger partial charge in [-0.3, -0.25) is 0 Å². The Morgan fingerprint density at radius 1 is 1.03 bits per heavy atom. The van der Waals surface area contributed by atoms with Gasteiger partial charge in [0.15, 0.2) is 0 Å². The van der Waals surface area contributed by atoms with Gasteiger partial charge in [-0.2, -0.15) is 4.31 Å². The number of benzene rings is 3. The SMILES string of the molecule is CCOCc1cc(Br)ccc1N(C)C1CCN(S(=O)(=O)c2ccc3ccccc3c2)CC1. The number of nitrogens with zero attached hydrogens (tertiary/aromatic N) is 2. The summed E-state index contributed by atoms with van der Waals surface area (Å²) in [4.78, 5) is 2.65. The molecular formula is C25H29BrN2O3S. The van der Waals surface area contributed by atoms with Gasteiger partial charge >= 0.3 is 0 Å². The molecule has 7 heteroatoms. The van der Waals surface area contributed by atoms with Gasteiger partial charge in [0.25, 0.3) is 0 Å². The van der Waals surface area contributed by atoms with Crippen molar-refractivity contribution in [2.24, 2.45) is 0 Å². The lowest BCUT2D eigenvalue weighted by atomic mass is 10.0. The summed E-state index contributed by atoms with van der Waals surface area (Å²) >= 11 is 3.55. The van der Waals surface area contributed by atoms with E-state index in [-0.39, 0.29) is 6.04 Å². The van der Waals surface area contributed by atoms with Crippen LogP contribution < -0.4 is 4.90 Å². The molecule has 0 unspecified atom stereocenters. The molecule has 5 nitrogen and oxygen atoms in total. The molecule has 1 heterocycles. The molecule has 0 saturated carbocycles. The van der Waals surface area contributed by atoms with Gasteiger partial charge in [-0.25, -0.2) is 8.42 Å². The second-order valence-corrected chi connectivity index (χ2v) is 11.0. The third-order valence-corrected chi connectivity index (χ3v) is 8.60. The van der Waals surface area contributed by atoms with E-state index in [2.05, 4.69) is 40.0 Å². The molecule has 0 amide bonds. The number of halogens is 1. The van der Waals surface area contributed by atoms with Crippen LogP contribution in [0.15, 0.2) is 70.0 Å². The van der Waals surface area contributed by atoms with Crippen molar-refractivity contribution in [2.45, 2.75) is 37.3 Å². The molecule has 3 aromatic carbocycles. The fourth-order valence-corrected chi connectivity index (χ4v) is 6.28. The molecule has 0 spiro atoms. The number of sulfonamides is 1. The standard InChI is InChI=1S/C25H29BrN2O3S/c1-3-31-18-21-16-22(26)9-11-25(21)27(2)23-12-14-28(15-13-23)32(29,30)24-10-8-19-6-4-5-7-20(19)17-24/h4-11,16-17,23H,3,12-15,18H2,1-2H3. The van der Waals surface area contributed by atoms with Gasteiger partial charge in [0.05, 0.1) is 11.5 Å². The van der Waals surface area contributed by atoms with Crippen LogP contribution in [-0.2, 0) is 21.4 Å². The van der Waals surface area contributed by atoms with Gasteiger partial charge in [0.2, 0.25) is 10.0 Å². The fourth-order valence-electron chi connectivity index (χ4n) is 4.37. The molecule has 32 heavy (non-hydrogen) atoms. The highest BCUT2D eigenvalue weighted by molar-refractivity contribution is 9.10. The molecule has 1 aliphatic heterocycles. The molecule has 3 aromatic rings. The third-order valence-electron chi connectivity index (χ3n) is 6.21. The number of fused-ring (bicyclic) bond motifs is 1. The minimum absolute atomic E-state index is 0.277. The summed E-state index contributed by atoms with van der Waals surface area (Å²) in [5, 5.41) is 1.99. The first-order valence-corrected chi connectivity index (χ1v) is 13.2. The fraction of sp³-hybridized carbons (Fsp3) is 0.360. The van der Waals surface area contributed by atoms with Gasteiger partial charge in [-0.1, -0.05) is 46.3 Å². The summed E-state index contributed by atoms with van der Waals surface area (Å²) in [5.41, 5.74) is 2.27. The van der Waals surface area contributed by atoms with Crippen molar-refractivity contribution in [3.63, 3.8) is 0 Å². The highest BCUT2D eigenvalue weighted by atomic mass is 79.9. The number of anilines is 1. The summed E-state index contributed by atoms with van der Waals surface area (Å²) in [6.07, 6.45) is 1.57. The van der Waals surface area contributed by atoms with E-state index < -0.39 is 10.0 Å². The lowest BCUT2D eigenvalue weighted by Crippen LogP contribution is -2.45. The average Bonchev–Trinajstić information content (AvgIpc) is 2.82. The van der Waals surface area contributed by atoms with Gasteiger partial charge < -0.3 is 9.64 Å². The van der Waals surface area contributed by atoms with E-state index in [4.69, 9.17) is 4.74 Å². The van der Waals surface area contributed by atoms with Crippen molar-refractivity contribution in [1.82, 2.24) is 4.31 Å². The Kier molecular flexibility index (Phi) is 7.20. The molecule has 0 aliphatic carbocycles. The first kappa shape index (κ1) is 23.2. The quantitative estimate of drug-likeness (QED) is 0.420. The van der Waals surface area contributed by atoms with Gasteiger partial charge in [-0.15, -0.1) is 0 Å². The van der Waals surface area contributed by atoms with Crippen LogP contribution in [0.25, 0.3) is 10.8 Å². The largest absolute Gasteiger partial charge is 0.377 e. The summed E-state index contributed by atoms with van der Waals surface area (Å²) in [6.45, 7) is 4.25. The highest BCUT2D eigenvalue weighted by Crippen LogP contribution is 2.30. The molecular weight excluding hydrogens is 488 g/mol. The Morgan fingerprint density at radius 2 is 1.75 bits per heavy atom. The number of ether oxygens (including phenoxy) is 1. The zero-order valence-corrected chi connectivity index (χ0v) is 20.9. The summed E-state index contributed by atoms with van der Waals surface area (Å²) in [6, 6.07) is 19.8. The summed E-state index contributed by atoms with van der Waals surface area (Å²) in [5.74, 6) is 0. The van der Waals surface area contributed by atoms with E-state index in [9.17, 15) is 8.42 Å². The van der Waals surface area contributed by atoms with Crippen LogP contribution in [0, 0.1) is 0 Å². The summed E-state index contributed by atoms with van der Waals surface area (Å²) in [7, 11) is -1.41. The molecule has 1 fully saturated rings. The predicted octanol–water partition coefficient (Wildman–Crippen LogP) is 5.43. The van der Waals surface area contributed by atoms with Crippen molar-refractivity contribution in [3.05, 3.63) is 70.7 Å². The minimum atomic E-state index is -3.50. The first-order chi connectivity index (χ1) is 15.4. The maximum atomic E-state index is 13.3. The van der Waals surface area contributed by atoms with E-state index >= 15 is 0 Å². The van der Waals surface area contributed by atoms with Crippen LogP contribution in [0.5, 0.6) is 0 Å². The Labute approximate surface area is 199 Å². The van der Waals surface area contributed by atoms with Gasteiger partial charge in [0, 0.05) is 48.5 Å². The Hall–Kier alpha value is -1.93. The molecule has 0 N–H and O–H groups in total. The van der Waals surface area contributed by atoms with Crippen molar-refractivity contribution in [3.8, 4) is 0 Å². The highest BCUT2D eigenvalue weighted by Gasteiger charge is 2.31. The van der Waals surface area contributed by atoms with Crippen molar-refractivity contribution < 1.29 is 13.2 Å². The molecule has 0 aromatic heterocycles. The van der Waals surface area contributed by atoms with E-state index in [1.165, 1.54) is 0 Å². The molecule has 0 bridgehead atoms. The molecule has 0 atom stereocenters. The molecule has 1 aliphatic rings. The third kappa shape index (κ3) is 4.86. The number of rotatable bonds is 7. The van der Waals surface area contributed by atoms with Gasteiger partial charge in [-0.05, 0) is 60.9 Å². The molecule has 1 saturated heterocycles. The first-order valence-electron chi connectivity index (χ1n) is 11.0. The smallest absolute Gasteiger partial charge is 0.243 e. The maximum Gasteiger partial charge on any atom is 0.243 e. The van der Waals surface area contributed by atoms with Crippen LogP contribution >= 0.6 is 15.9 Å².